The number of hydrogen-bond donors (Lipinski definition) is 0. The van der Waals surface area contributed by atoms with Gasteiger partial charge in [-0.1, -0.05) is 0 Å². The molecule has 1 aromatic rings. The molecule has 116 valence electrons. The highest BCUT2D eigenvalue weighted by Gasteiger charge is 2.28. The number of halogens is 2. The molecular weight excluding hydrogens is 294 g/mol. The summed E-state index contributed by atoms with van der Waals surface area (Å²) in [7, 11) is 3.91. The van der Waals surface area contributed by atoms with Gasteiger partial charge in [-0.05, 0) is 38.4 Å². The number of nitrogens with zero attached hydrogens (tertiary/aromatic N) is 2. The van der Waals surface area contributed by atoms with Crippen molar-refractivity contribution in [2.75, 3.05) is 38.7 Å². The van der Waals surface area contributed by atoms with Gasteiger partial charge in [-0.15, -0.1) is 0 Å². The van der Waals surface area contributed by atoms with Crippen molar-refractivity contribution in [1.29, 1.82) is 0 Å². The lowest BCUT2D eigenvalue weighted by Gasteiger charge is -2.31. The van der Waals surface area contributed by atoms with E-state index in [1.807, 2.05) is 30.8 Å². The monoisotopic (exact) mass is 314 g/mol. The fraction of sp³-hybridized carbons (Fsp3) is 0.533. The van der Waals surface area contributed by atoms with Crippen LogP contribution in [-0.2, 0) is 0 Å². The zero-order valence-electron chi connectivity index (χ0n) is 12.3. The summed E-state index contributed by atoms with van der Waals surface area (Å²) in [5, 5.41) is 0. The maximum Gasteiger partial charge on any atom is 0.257 e. The van der Waals surface area contributed by atoms with E-state index in [1.54, 1.807) is 4.90 Å². The molecule has 2 rings (SSSR count). The molecule has 1 saturated heterocycles. The van der Waals surface area contributed by atoms with Crippen molar-refractivity contribution in [3.63, 3.8) is 0 Å². The SMILES string of the molecule is CN(C)CC1CSCCCN1C(=O)c1ccc(F)cc1F. The van der Waals surface area contributed by atoms with E-state index in [4.69, 9.17) is 0 Å². The van der Waals surface area contributed by atoms with Crippen LogP contribution in [0.4, 0.5) is 8.78 Å². The summed E-state index contributed by atoms with van der Waals surface area (Å²) in [6, 6.07) is 3.17. The van der Waals surface area contributed by atoms with Crippen LogP contribution in [0.3, 0.4) is 0 Å². The van der Waals surface area contributed by atoms with Gasteiger partial charge in [0.2, 0.25) is 0 Å². The molecule has 0 saturated carbocycles. The van der Waals surface area contributed by atoms with Gasteiger partial charge in [0.05, 0.1) is 11.6 Å². The number of amides is 1. The zero-order chi connectivity index (χ0) is 15.4. The Morgan fingerprint density at radius 1 is 1.43 bits per heavy atom. The molecule has 1 amide bonds. The Balaban J connectivity index is 2.24. The topological polar surface area (TPSA) is 23.6 Å². The lowest BCUT2D eigenvalue weighted by atomic mass is 10.1. The van der Waals surface area contributed by atoms with Crippen molar-refractivity contribution in [1.82, 2.24) is 9.80 Å². The van der Waals surface area contributed by atoms with E-state index < -0.39 is 11.6 Å². The van der Waals surface area contributed by atoms with E-state index in [1.165, 1.54) is 6.07 Å². The second-order valence-corrected chi connectivity index (χ2v) is 6.62. The normalized spacial score (nSPS) is 19.7. The molecule has 0 spiro atoms. The molecule has 0 aromatic heterocycles. The molecule has 1 fully saturated rings. The third-order valence-electron chi connectivity index (χ3n) is 3.44. The predicted molar refractivity (Wildman–Crippen MR) is 81.7 cm³/mol. The van der Waals surface area contributed by atoms with Crippen molar-refractivity contribution in [3.8, 4) is 0 Å². The Hall–Kier alpha value is -1.14. The van der Waals surface area contributed by atoms with Gasteiger partial charge in [-0.2, -0.15) is 11.8 Å². The molecule has 1 atom stereocenters. The standard InChI is InChI=1S/C15H20F2N2OS/c1-18(2)9-12-10-21-7-3-6-19(12)15(20)13-5-4-11(16)8-14(13)17/h4-5,8,12H,3,6-7,9-10H2,1-2H3. The second kappa shape index (κ2) is 7.22. The van der Waals surface area contributed by atoms with Crippen LogP contribution in [0.5, 0.6) is 0 Å². The van der Waals surface area contributed by atoms with Crippen LogP contribution in [0.15, 0.2) is 18.2 Å². The molecular formula is C15H20F2N2OS. The molecule has 1 aliphatic heterocycles. The van der Waals surface area contributed by atoms with Crippen LogP contribution in [0.2, 0.25) is 0 Å². The first-order valence-electron chi connectivity index (χ1n) is 6.97. The first kappa shape index (κ1) is 16.2. The fourth-order valence-corrected chi connectivity index (χ4v) is 3.54. The summed E-state index contributed by atoms with van der Waals surface area (Å²) in [6.45, 7) is 1.35. The quantitative estimate of drug-likeness (QED) is 0.856. The van der Waals surface area contributed by atoms with Crippen molar-refractivity contribution >= 4 is 17.7 Å². The molecule has 1 heterocycles. The van der Waals surface area contributed by atoms with E-state index in [9.17, 15) is 13.6 Å². The molecule has 0 bridgehead atoms. The second-order valence-electron chi connectivity index (χ2n) is 5.47. The summed E-state index contributed by atoms with van der Waals surface area (Å²) < 4.78 is 26.8. The molecule has 3 nitrogen and oxygen atoms in total. The largest absolute Gasteiger partial charge is 0.333 e. The number of thioether (sulfide) groups is 1. The van der Waals surface area contributed by atoms with Crippen LogP contribution in [0.25, 0.3) is 0 Å². The number of likely N-dealkylation sites (N-methyl/N-ethyl adjacent to an activating group) is 1. The minimum absolute atomic E-state index is 0.0458. The van der Waals surface area contributed by atoms with Crippen LogP contribution < -0.4 is 0 Å². The maximum absolute atomic E-state index is 13.8. The molecule has 21 heavy (non-hydrogen) atoms. The zero-order valence-corrected chi connectivity index (χ0v) is 13.1. The smallest absolute Gasteiger partial charge is 0.257 e. The predicted octanol–water partition coefficient (Wildman–Crippen LogP) is 2.47. The van der Waals surface area contributed by atoms with Crippen molar-refractivity contribution in [2.45, 2.75) is 12.5 Å². The fourth-order valence-electron chi connectivity index (χ4n) is 2.49. The summed E-state index contributed by atoms with van der Waals surface area (Å²) in [4.78, 5) is 16.4. The van der Waals surface area contributed by atoms with Crippen molar-refractivity contribution in [2.24, 2.45) is 0 Å². The number of rotatable bonds is 3. The van der Waals surface area contributed by atoms with Gasteiger partial charge in [0.25, 0.3) is 5.91 Å². The number of hydrogen-bond acceptors (Lipinski definition) is 3. The Kier molecular flexibility index (Phi) is 5.58. The van der Waals surface area contributed by atoms with Gasteiger partial charge in [0, 0.05) is 24.9 Å². The first-order valence-corrected chi connectivity index (χ1v) is 8.13. The van der Waals surface area contributed by atoms with Crippen LogP contribution in [-0.4, -0.2) is 60.4 Å². The van der Waals surface area contributed by atoms with E-state index in [0.717, 1.165) is 36.6 Å². The molecule has 0 aliphatic carbocycles. The highest BCUT2D eigenvalue weighted by molar-refractivity contribution is 7.99. The highest BCUT2D eigenvalue weighted by Crippen LogP contribution is 2.21. The lowest BCUT2D eigenvalue weighted by molar-refractivity contribution is 0.0671. The third-order valence-corrected chi connectivity index (χ3v) is 4.63. The minimum atomic E-state index is -0.791. The van der Waals surface area contributed by atoms with E-state index in [-0.39, 0.29) is 17.5 Å². The van der Waals surface area contributed by atoms with Gasteiger partial charge < -0.3 is 9.80 Å². The molecule has 0 N–H and O–H groups in total. The lowest BCUT2D eigenvalue weighted by Crippen LogP contribution is -2.47. The summed E-state index contributed by atoms with van der Waals surface area (Å²) >= 11 is 1.81. The average Bonchev–Trinajstić information content (AvgIpc) is 2.63. The Morgan fingerprint density at radius 3 is 2.86 bits per heavy atom. The Morgan fingerprint density at radius 2 is 2.19 bits per heavy atom. The molecule has 1 aliphatic rings. The van der Waals surface area contributed by atoms with E-state index in [0.29, 0.717) is 6.54 Å². The van der Waals surface area contributed by atoms with Crippen LogP contribution in [0.1, 0.15) is 16.8 Å². The number of benzene rings is 1. The maximum atomic E-state index is 13.8. The van der Waals surface area contributed by atoms with Gasteiger partial charge in [0.15, 0.2) is 0 Å². The summed E-state index contributed by atoms with van der Waals surface area (Å²) in [6.07, 6.45) is 0.892. The molecule has 0 radical (unpaired) electrons. The van der Waals surface area contributed by atoms with Gasteiger partial charge in [-0.25, -0.2) is 8.78 Å². The Labute approximate surface area is 128 Å². The van der Waals surface area contributed by atoms with E-state index in [2.05, 4.69) is 0 Å². The molecule has 1 aromatic carbocycles. The summed E-state index contributed by atoms with van der Waals surface area (Å²) in [5.74, 6) is 0.0365. The highest BCUT2D eigenvalue weighted by atomic mass is 32.2. The third kappa shape index (κ3) is 4.17. The van der Waals surface area contributed by atoms with Gasteiger partial charge >= 0.3 is 0 Å². The first-order chi connectivity index (χ1) is 9.99. The number of carbonyl (C=O) groups excluding carboxylic acids is 1. The summed E-state index contributed by atoms with van der Waals surface area (Å²) in [5.41, 5.74) is -0.0490. The van der Waals surface area contributed by atoms with Crippen LogP contribution >= 0.6 is 11.8 Å². The van der Waals surface area contributed by atoms with Crippen molar-refractivity contribution < 1.29 is 13.6 Å². The van der Waals surface area contributed by atoms with E-state index >= 15 is 0 Å². The van der Waals surface area contributed by atoms with Gasteiger partial charge in [0.1, 0.15) is 11.6 Å². The van der Waals surface area contributed by atoms with Gasteiger partial charge in [-0.3, -0.25) is 4.79 Å². The molecule has 6 heteroatoms. The van der Waals surface area contributed by atoms with Crippen LogP contribution in [0, 0.1) is 11.6 Å². The Bertz CT molecular complexity index is 510. The van der Waals surface area contributed by atoms with Crippen molar-refractivity contribution in [3.05, 3.63) is 35.4 Å². The average molecular weight is 314 g/mol. The minimum Gasteiger partial charge on any atom is -0.333 e. The number of carbonyl (C=O) groups is 1. The molecule has 1 unspecified atom stereocenters.